The quantitative estimate of drug-likeness (QED) is 0.658. The molecule has 1 radical (unpaired) electrons. The molecule has 0 atom stereocenters. The minimum Gasteiger partial charge on any atom is -0.358 e. The third-order valence-corrected chi connectivity index (χ3v) is 3.62. The number of Topliss-reactive ketones (excluding diaryl/α,β-unsaturated/α-hetero) is 1. The van der Waals surface area contributed by atoms with Gasteiger partial charge in [0, 0.05) is 38.1 Å². The summed E-state index contributed by atoms with van der Waals surface area (Å²) in [5.41, 5.74) is 0.127. The molecular weight excluding hydrogens is 237 g/mol. The third-order valence-electron chi connectivity index (χ3n) is 3.62. The Bertz CT molecular complexity index is 167. The summed E-state index contributed by atoms with van der Waals surface area (Å²) in [6, 6.07) is 0. The van der Waals surface area contributed by atoms with E-state index in [-0.39, 0.29) is 45.6 Å². The Morgan fingerprint density at radius 3 is 1.77 bits per heavy atom. The Morgan fingerprint density at radius 1 is 1.15 bits per heavy atom. The van der Waals surface area contributed by atoms with Crippen LogP contribution in [0.5, 0.6) is 0 Å². The number of carbonyl (C=O) groups is 1. The van der Waals surface area contributed by atoms with Gasteiger partial charge in [0.25, 0.3) is 0 Å². The van der Waals surface area contributed by atoms with Crippen molar-refractivity contribution in [3.8, 4) is 0 Å². The van der Waals surface area contributed by atoms with Gasteiger partial charge in [0.2, 0.25) is 0 Å². The summed E-state index contributed by atoms with van der Waals surface area (Å²) >= 11 is 0. The molecule has 13 heavy (non-hydrogen) atoms. The van der Waals surface area contributed by atoms with Gasteiger partial charge in [0.1, 0.15) is 5.78 Å². The van der Waals surface area contributed by atoms with Gasteiger partial charge in [0.05, 0.1) is 0 Å². The van der Waals surface area contributed by atoms with Crippen molar-refractivity contribution in [2.45, 2.75) is 45.4 Å². The first-order valence-electron chi connectivity index (χ1n) is 4.58. The second-order valence-electron chi connectivity index (χ2n) is 4.09. The standard InChI is InChI=1S/C10H15O.CH3.Y/c1-8(11)10-5-2-9(3-6-10)4-7-10;;/h2-7H2,1H3;1H3;/q2*-1;. The molecule has 3 aliphatic carbocycles. The molecule has 3 aliphatic rings. The predicted molar refractivity (Wildman–Crippen MR) is 50.5 cm³/mol. The van der Waals surface area contributed by atoms with Crippen molar-refractivity contribution in [1.29, 1.82) is 0 Å². The molecule has 0 spiro atoms. The van der Waals surface area contributed by atoms with E-state index < -0.39 is 0 Å². The first-order valence-corrected chi connectivity index (χ1v) is 4.58. The first kappa shape index (κ1) is 13.8. The molecular formula is C11H18OY-2. The smallest absolute Gasteiger partial charge is 0.135 e. The molecule has 0 amide bonds. The molecule has 3 fully saturated rings. The van der Waals surface area contributed by atoms with Gasteiger partial charge in [0.15, 0.2) is 0 Å². The van der Waals surface area contributed by atoms with E-state index in [1.54, 1.807) is 12.8 Å². The number of hydrogen-bond donors (Lipinski definition) is 0. The largest absolute Gasteiger partial charge is 0.358 e. The van der Waals surface area contributed by atoms with Gasteiger partial charge in [-0.25, -0.2) is 0 Å². The maximum Gasteiger partial charge on any atom is 0.135 e. The Morgan fingerprint density at radius 2 is 1.54 bits per heavy atom. The van der Waals surface area contributed by atoms with E-state index in [0.29, 0.717) is 5.78 Å². The maximum atomic E-state index is 11.4. The van der Waals surface area contributed by atoms with Crippen LogP contribution in [0.25, 0.3) is 0 Å². The Balaban J connectivity index is 0.000000720. The van der Waals surface area contributed by atoms with E-state index in [1.807, 2.05) is 0 Å². The average Bonchev–Trinajstić information content (AvgIpc) is 2.08. The van der Waals surface area contributed by atoms with E-state index in [1.165, 1.54) is 19.3 Å². The summed E-state index contributed by atoms with van der Waals surface area (Å²) in [5.74, 6) is 2.16. The van der Waals surface area contributed by atoms with Crippen LogP contribution in [0.1, 0.15) is 45.4 Å². The van der Waals surface area contributed by atoms with Crippen molar-refractivity contribution in [3.05, 3.63) is 13.3 Å². The van der Waals surface area contributed by atoms with Crippen molar-refractivity contribution in [2.75, 3.05) is 0 Å². The second-order valence-corrected chi connectivity index (χ2v) is 4.09. The molecule has 0 aromatic heterocycles. The fraction of sp³-hybridized carbons (Fsp3) is 0.727. The van der Waals surface area contributed by atoms with Crippen molar-refractivity contribution in [3.63, 3.8) is 0 Å². The molecule has 0 N–H and O–H groups in total. The maximum absolute atomic E-state index is 11.4. The van der Waals surface area contributed by atoms with E-state index >= 15 is 0 Å². The first-order chi connectivity index (χ1) is 5.23. The molecule has 0 aromatic rings. The predicted octanol–water partition coefficient (Wildman–Crippen LogP) is 2.95. The molecule has 0 aliphatic heterocycles. The normalized spacial score (nSPS) is 24.4. The van der Waals surface area contributed by atoms with Crippen LogP contribution in [0.2, 0.25) is 0 Å². The van der Waals surface area contributed by atoms with Crippen LogP contribution in [0, 0.1) is 18.8 Å². The fourth-order valence-corrected chi connectivity index (χ4v) is 2.53. The molecule has 0 unspecified atom stereocenters. The monoisotopic (exact) mass is 255 g/mol. The minimum absolute atomic E-state index is 0. The average molecular weight is 255 g/mol. The van der Waals surface area contributed by atoms with Gasteiger partial charge in [-0.15, -0.1) is 0 Å². The Labute approximate surface area is 107 Å². The number of hydrogen-bond acceptors (Lipinski definition) is 1. The van der Waals surface area contributed by atoms with E-state index in [4.69, 9.17) is 0 Å². The zero-order valence-electron chi connectivity index (χ0n) is 8.73. The van der Waals surface area contributed by atoms with Crippen LogP contribution in [0.4, 0.5) is 0 Å². The van der Waals surface area contributed by atoms with Gasteiger partial charge >= 0.3 is 0 Å². The summed E-state index contributed by atoms with van der Waals surface area (Å²) in [7, 11) is 0. The van der Waals surface area contributed by atoms with Gasteiger partial charge in [-0.3, -0.25) is 4.79 Å². The number of fused-ring (bicyclic) bond motifs is 3. The summed E-state index contributed by atoms with van der Waals surface area (Å²) in [6.07, 6.45) is 7.16. The SMILES string of the molecule is CC(=O)C12CC[C-](CC1)CC2.[CH3-].[Y]. The molecule has 0 heterocycles. The van der Waals surface area contributed by atoms with Gasteiger partial charge in [-0.1, -0.05) is 19.3 Å². The Hall–Kier alpha value is 0.774. The molecule has 3 rings (SSSR count). The zero-order valence-corrected chi connectivity index (χ0v) is 11.6. The second kappa shape index (κ2) is 5.02. The van der Waals surface area contributed by atoms with Crippen LogP contribution in [-0.4, -0.2) is 5.78 Å². The molecule has 0 aromatic carbocycles. The third kappa shape index (κ3) is 2.42. The minimum atomic E-state index is 0. The van der Waals surface area contributed by atoms with Crippen LogP contribution in [-0.2, 0) is 37.5 Å². The van der Waals surface area contributed by atoms with Crippen molar-refractivity contribution >= 4 is 5.78 Å². The van der Waals surface area contributed by atoms with Crippen LogP contribution < -0.4 is 0 Å². The molecule has 0 saturated heterocycles. The number of ketones is 1. The van der Waals surface area contributed by atoms with Crippen molar-refractivity contribution < 1.29 is 37.5 Å². The summed E-state index contributed by atoms with van der Waals surface area (Å²) in [4.78, 5) is 11.4. The van der Waals surface area contributed by atoms with Crippen LogP contribution in [0.3, 0.4) is 0 Å². The van der Waals surface area contributed by atoms with E-state index in [9.17, 15) is 4.79 Å². The number of rotatable bonds is 1. The summed E-state index contributed by atoms with van der Waals surface area (Å²) in [6.45, 7) is 1.77. The van der Waals surface area contributed by atoms with E-state index in [2.05, 4.69) is 0 Å². The van der Waals surface area contributed by atoms with E-state index in [0.717, 1.165) is 19.3 Å². The zero-order chi connectivity index (χ0) is 7.90. The van der Waals surface area contributed by atoms with Gasteiger partial charge < -0.3 is 13.3 Å². The molecule has 73 valence electrons. The summed E-state index contributed by atoms with van der Waals surface area (Å²) in [5, 5.41) is 0. The Kier molecular flexibility index (Phi) is 5.32. The van der Waals surface area contributed by atoms with Crippen molar-refractivity contribution in [2.24, 2.45) is 5.41 Å². The van der Waals surface area contributed by atoms with Crippen LogP contribution in [0.15, 0.2) is 0 Å². The topological polar surface area (TPSA) is 17.1 Å². The van der Waals surface area contributed by atoms with Crippen LogP contribution >= 0.6 is 0 Å². The van der Waals surface area contributed by atoms with Gasteiger partial charge in [-0.2, -0.15) is 19.3 Å². The summed E-state index contributed by atoms with van der Waals surface area (Å²) < 4.78 is 0. The molecule has 2 heteroatoms. The number of carbonyl (C=O) groups excluding carboxylic acids is 1. The fourth-order valence-electron chi connectivity index (χ4n) is 2.53. The molecule has 2 bridgehead atoms. The molecule has 3 saturated carbocycles. The van der Waals surface area contributed by atoms with Crippen molar-refractivity contribution in [1.82, 2.24) is 0 Å². The molecule has 1 nitrogen and oxygen atoms in total. The van der Waals surface area contributed by atoms with Gasteiger partial charge in [-0.05, 0) is 6.92 Å².